The van der Waals surface area contributed by atoms with Crippen LogP contribution in [0.15, 0.2) is 5.16 Å². The molecule has 1 aliphatic heterocycles. The van der Waals surface area contributed by atoms with Crippen molar-refractivity contribution in [2.75, 3.05) is 24.6 Å². The second kappa shape index (κ2) is 5.28. The maximum absolute atomic E-state index is 8.63. The summed E-state index contributed by atoms with van der Waals surface area (Å²) < 4.78 is 9.65. The van der Waals surface area contributed by atoms with Gasteiger partial charge in [0, 0.05) is 24.5 Å². The Morgan fingerprint density at radius 1 is 1.76 bits per heavy atom. The lowest BCUT2D eigenvalue weighted by Gasteiger charge is -2.31. The highest BCUT2D eigenvalue weighted by Gasteiger charge is 2.25. The Balaban J connectivity index is 2.06. The molecule has 0 saturated carbocycles. The average Bonchev–Trinajstić information content (AvgIpc) is 2.86. The maximum Gasteiger partial charge on any atom is 0.205 e. The molecule has 8 heteroatoms. The zero-order valence-corrected chi connectivity index (χ0v) is 10.4. The smallest absolute Gasteiger partial charge is 0.205 e. The van der Waals surface area contributed by atoms with E-state index in [1.54, 1.807) is 0 Å². The highest BCUT2D eigenvalue weighted by Crippen LogP contribution is 2.20. The van der Waals surface area contributed by atoms with Crippen molar-refractivity contribution in [2.24, 2.45) is 10.9 Å². The molecule has 0 aliphatic carbocycles. The van der Waals surface area contributed by atoms with Crippen molar-refractivity contribution in [1.82, 2.24) is 9.36 Å². The molecule has 1 aromatic heterocycles. The van der Waals surface area contributed by atoms with E-state index in [-0.39, 0.29) is 11.9 Å². The van der Waals surface area contributed by atoms with E-state index in [9.17, 15) is 0 Å². The van der Waals surface area contributed by atoms with Crippen LogP contribution >= 0.6 is 11.5 Å². The van der Waals surface area contributed by atoms with E-state index < -0.39 is 0 Å². The predicted octanol–water partition coefficient (Wildman–Crippen LogP) is 0.0521. The third-order valence-corrected chi connectivity index (χ3v) is 3.37. The number of aromatic nitrogens is 2. The van der Waals surface area contributed by atoms with Crippen LogP contribution < -0.4 is 10.6 Å². The largest absolute Gasteiger partial charge is 0.409 e. The van der Waals surface area contributed by atoms with Crippen LogP contribution in [0.5, 0.6) is 0 Å². The number of hydrogen-bond acceptors (Lipinski definition) is 7. The molecular formula is C9H15N5O2S. The van der Waals surface area contributed by atoms with Crippen molar-refractivity contribution in [3.05, 3.63) is 5.82 Å². The van der Waals surface area contributed by atoms with Crippen molar-refractivity contribution in [1.29, 1.82) is 0 Å². The lowest BCUT2D eigenvalue weighted by Crippen LogP contribution is -2.48. The standard InChI is InChI=1S/C9H15N5O2S/c1-2-7-11-9(17-13-7)14-3-4-16-6(5-14)8(10)12-15/h6,15H,2-5H2,1H3,(H2,10,12). The van der Waals surface area contributed by atoms with Gasteiger partial charge in [0.25, 0.3) is 0 Å². The predicted molar refractivity (Wildman–Crippen MR) is 64.6 cm³/mol. The van der Waals surface area contributed by atoms with Crippen molar-refractivity contribution in [3.8, 4) is 0 Å². The average molecular weight is 257 g/mol. The summed E-state index contributed by atoms with van der Waals surface area (Å²) in [4.78, 5) is 6.45. The van der Waals surface area contributed by atoms with Crippen LogP contribution in [0.4, 0.5) is 5.13 Å². The Bertz CT molecular complexity index is 408. The third-order valence-electron chi connectivity index (χ3n) is 2.56. The van der Waals surface area contributed by atoms with Gasteiger partial charge in [0.15, 0.2) is 5.84 Å². The Kier molecular flexibility index (Phi) is 3.75. The fourth-order valence-corrected chi connectivity index (χ4v) is 2.37. The minimum atomic E-state index is -0.386. The van der Waals surface area contributed by atoms with Crippen LogP contribution in [-0.2, 0) is 11.2 Å². The molecule has 1 atom stereocenters. The van der Waals surface area contributed by atoms with E-state index in [0.717, 1.165) is 23.9 Å². The van der Waals surface area contributed by atoms with E-state index in [4.69, 9.17) is 15.7 Å². The quantitative estimate of drug-likeness (QED) is 0.344. The van der Waals surface area contributed by atoms with Gasteiger partial charge in [-0.15, -0.1) is 0 Å². The minimum Gasteiger partial charge on any atom is -0.409 e. The normalized spacial score (nSPS) is 21.8. The summed E-state index contributed by atoms with van der Waals surface area (Å²) >= 11 is 1.37. The summed E-state index contributed by atoms with van der Waals surface area (Å²) in [5.41, 5.74) is 5.54. The first-order valence-corrected chi connectivity index (χ1v) is 6.18. The van der Waals surface area contributed by atoms with Crippen molar-refractivity contribution >= 4 is 22.5 Å². The van der Waals surface area contributed by atoms with Gasteiger partial charge in [0.1, 0.15) is 11.9 Å². The Morgan fingerprint density at radius 2 is 2.59 bits per heavy atom. The van der Waals surface area contributed by atoms with Gasteiger partial charge in [-0.05, 0) is 0 Å². The molecule has 1 unspecified atom stereocenters. The Labute approximate surface area is 103 Å². The molecular weight excluding hydrogens is 242 g/mol. The van der Waals surface area contributed by atoms with E-state index in [2.05, 4.69) is 14.5 Å². The Hall–Kier alpha value is -1.41. The molecule has 7 nitrogen and oxygen atoms in total. The van der Waals surface area contributed by atoms with Gasteiger partial charge in [-0.1, -0.05) is 12.1 Å². The second-order valence-electron chi connectivity index (χ2n) is 3.68. The number of rotatable bonds is 3. The number of morpholine rings is 1. The second-order valence-corrected chi connectivity index (χ2v) is 4.41. The summed E-state index contributed by atoms with van der Waals surface area (Å²) in [7, 11) is 0. The van der Waals surface area contributed by atoms with Crippen molar-refractivity contribution in [2.45, 2.75) is 19.4 Å². The van der Waals surface area contributed by atoms with Gasteiger partial charge in [-0.25, -0.2) is 4.98 Å². The van der Waals surface area contributed by atoms with Crippen LogP contribution in [0.2, 0.25) is 0 Å². The molecule has 17 heavy (non-hydrogen) atoms. The molecule has 0 aromatic carbocycles. The van der Waals surface area contributed by atoms with Gasteiger partial charge in [0.2, 0.25) is 5.13 Å². The number of hydrogen-bond donors (Lipinski definition) is 2. The SMILES string of the molecule is CCc1nsc(N2CCOC(C(N)=NO)C2)n1. The number of ether oxygens (including phenoxy) is 1. The summed E-state index contributed by atoms with van der Waals surface area (Å²) in [6.45, 7) is 3.83. The molecule has 1 aliphatic rings. The van der Waals surface area contributed by atoms with Gasteiger partial charge in [-0.2, -0.15) is 4.37 Å². The van der Waals surface area contributed by atoms with E-state index in [0.29, 0.717) is 13.2 Å². The summed E-state index contributed by atoms with van der Waals surface area (Å²) in [6.07, 6.45) is 0.438. The zero-order valence-electron chi connectivity index (χ0n) is 9.54. The van der Waals surface area contributed by atoms with Crippen LogP contribution in [0, 0.1) is 0 Å². The van der Waals surface area contributed by atoms with Crippen LogP contribution in [0.25, 0.3) is 0 Å². The van der Waals surface area contributed by atoms with E-state index in [1.165, 1.54) is 11.5 Å². The fraction of sp³-hybridized carbons (Fsp3) is 0.667. The molecule has 1 aromatic rings. The molecule has 0 spiro atoms. The van der Waals surface area contributed by atoms with Gasteiger partial charge < -0.3 is 20.6 Å². The summed E-state index contributed by atoms with van der Waals surface area (Å²) in [5.74, 6) is 0.937. The van der Waals surface area contributed by atoms with Gasteiger partial charge >= 0.3 is 0 Å². The molecule has 0 radical (unpaired) electrons. The number of oxime groups is 1. The number of aryl methyl sites for hydroxylation is 1. The molecule has 0 amide bonds. The molecule has 2 rings (SSSR count). The molecule has 3 N–H and O–H groups in total. The first-order chi connectivity index (χ1) is 8.24. The van der Waals surface area contributed by atoms with Crippen molar-refractivity contribution in [3.63, 3.8) is 0 Å². The number of anilines is 1. The first kappa shape index (κ1) is 12.1. The summed E-state index contributed by atoms with van der Waals surface area (Å²) in [6, 6.07) is 0. The summed E-state index contributed by atoms with van der Waals surface area (Å²) in [5, 5.41) is 12.5. The topological polar surface area (TPSA) is 96.9 Å². The zero-order chi connectivity index (χ0) is 12.3. The molecule has 0 bridgehead atoms. The third kappa shape index (κ3) is 2.64. The highest BCUT2D eigenvalue weighted by molar-refractivity contribution is 7.09. The van der Waals surface area contributed by atoms with Gasteiger partial charge in [0.05, 0.1) is 13.2 Å². The molecule has 2 heterocycles. The number of nitrogens with zero attached hydrogens (tertiary/aromatic N) is 4. The Morgan fingerprint density at radius 3 is 3.24 bits per heavy atom. The van der Waals surface area contributed by atoms with Crippen molar-refractivity contribution < 1.29 is 9.94 Å². The van der Waals surface area contributed by atoms with Crippen LogP contribution in [-0.4, -0.2) is 46.2 Å². The highest BCUT2D eigenvalue weighted by atomic mass is 32.1. The molecule has 1 saturated heterocycles. The molecule has 1 fully saturated rings. The van der Waals surface area contributed by atoms with Gasteiger partial charge in [-0.3, -0.25) is 0 Å². The monoisotopic (exact) mass is 257 g/mol. The number of amidine groups is 1. The first-order valence-electron chi connectivity index (χ1n) is 5.41. The lowest BCUT2D eigenvalue weighted by atomic mass is 10.2. The van der Waals surface area contributed by atoms with E-state index in [1.807, 2.05) is 11.8 Å². The lowest BCUT2D eigenvalue weighted by molar-refractivity contribution is 0.0807. The maximum atomic E-state index is 8.63. The molecule has 94 valence electrons. The van der Waals surface area contributed by atoms with Crippen LogP contribution in [0.1, 0.15) is 12.7 Å². The van der Waals surface area contributed by atoms with Crippen LogP contribution in [0.3, 0.4) is 0 Å². The number of nitrogens with two attached hydrogens (primary N) is 1. The van der Waals surface area contributed by atoms with E-state index >= 15 is 0 Å². The fourth-order valence-electron chi connectivity index (χ4n) is 1.58. The minimum absolute atomic E-state index is 0.0925.